The number of para-hydroxylation sites is 2. The van der Waals surface area contributed by atoms with E-state index in [-0.39, 0.29) is 24.5 Å². The Kier molecular flexibility index (Phi) is 9.88. The summed E-state index contributed by atoms with van der Waals surface area (Å²) in [5, 5.41) is 19.3. The van der Waals surface area contributed by atoms with Crippen LogP contribution in [0.1, 0.15) is 42.5 Å². The average molecular weight is 547 g/mol. The highest BCUT2D eigenvalue weighted by Crippen LogP contribution is 2.28. The molecule has 4 rings (SSSR count). The summed E-state index contributed by atoms with van der Waals surface area (Å²) in [5.41, 5.74) is 3.25. The number of ether oxygens (including phenoxy) is 2. The molecule has 2 aromatic carbocycles. The van der Waals surface area contributed by atoms with Crippen molar-refractivity contribution in [3.63, 3.8) is 0 Å². The zero-order valence-corrected chi connectivity index (χ0v) is 22.0. The maximum atomic E-state index is 13.6. The van der Waals surface area contributed by atoms with Crippen molar-refractivity contribution in [3.05, 3.63) is 89.6 Å². The van der Waals surface area contributed by atoms with E-state index in [0.717, 1.165) is 34.9 Å². The molecule has 0 unspecified atom stereocenters. The van der Waals surface area contributed by atoms with Crippen LogP contribution in [0.15, 0.2) is 67.0 Å². The number of rotatable bonds is 15. The summed E-state index contributed by atoms with van der Waals surface area (Å²) < 4.78 is 26.5. The Morgan fingerprint density at radius 3 is 2.42 bits per heavy atom. The van der Waals surface area contributed by atoms with Crippen LogP contribution >= 0.6 is 0 Å². The molecule has 4 aromatic rings. The van der Waals surface area contributed by atoms with Gasteiger partial charge in [-0.25, -0.2) is 4.39 Å². The fourth-order valence-corrected chi connectivity index (χ4v) is 4.39. The summed E-state index contributed by atoms with van der Waals surface area (Å²) >= 11 is 0. The van der Waals surface area contributed by atoms with E-state index >= 15 is 0 Å². The van der Waals surface area contributed by atoms with Crippen molar-refractivity contribution in [2.75, 3.05) is 13.2 Å². The smallest absolute Gasteiger partial charge is 0.323 e. The number of carboxylic acid groups (broad SMARTS) is 2. The minimum Gasteiger partial charge on any atom is -0.492 e. The lowest BCUT2D eigenvalue weighted by Crippen LogP contribution is -2.07. The lowest BCUT2D eigenvalue weighted by atomic mass is 10.0. The average Bonchev–Trinajstić information content (AvgIpc) is 3.28. The molecule has 8 nitrogen and oxygen atoms in total. The van der Waals surface area contributed by atoms with E-state index < -0.39 is 11.9 Å². The minimum atomic E-state index is -0.956. The predicted molar refractivity (Wildman–Crippen MR) is 150 cm³/mol. The number of hydrogen-bond acceptors (Lipinski definition) is 5. The Bertz CT molecular complexity index is 1480. The monoisotopic (exact) mass is 546 g/mol. The summed E-state index contributed by atoms with van der Waals surface area (Å²) in [7, 11) is 0. The first kappa shape index (κ1) is 28.4. The number of aliphatic carboxylic acids is 2. The van der Waals surface area contributed by atoms with Crippen LogP contribution in [0.3, 0.4) is 0 Å². The fourth-order valence-electron chi connectivity index (χ4n) is 4.39. The van der Waals surface area contributed by atoms with Crippen molar-refractivity contribution in [2.45, 2.75) is 38.6 Å². The third-order valence-electron chi connectivity index (χ3n) is 6.25. The van der Waals surface area contributed by atoms with Crippen molar-refractivity contribution in [2.24, 2.45) is 0 Å². The number of unbranched alkanes of at least 4 members (excludes halogenated alkanes) is 1. The molecule has 9 heteroatoms. The van der Waals surface area contributed by atoms with E-state index in [4.69, 9.17) is 14.6 Å². The third kappa shape index (κ3) is 7.92. The molecule has 0 radical (unpaired) electrons. The van der Waals surface area contributed by atoms with Crippen LogP contribution in [0.5, 0.6) is 11.5 Å². The second-order valence-electron chi connectivity index (χ2n) is 9.25. The Balaban J connectivity index is 1.35. The first-order valence-corrected chi connectivity index (χ1v) is 13.1. The molecular formula is C31H31FN2O6. The molecule has 2 aromatic heterocycles. The largest absolute Gasteiger partial charge is 0.492 e. The first-order valence-electron chi connectivity index (χ1n) is 13.1. The second-order valence-corrected chi connectivity index (χ2v) is 9.25. The van der Waals surface area contributed by atoms with Crippen molar-refractivity contribution in [1.82, 2.24) is 9.55 Å². The van der Waals surface area contributed by atoms with Crippen LogP contribution in [0, 0.1) is 5.82 Å². The number of carbonyl (C=O) groups is 2. The number of benzene rings is 2. The molecule has 0 atom stereocenters. The molecule has 40 heavy (non-hydrogen) atoms. The van der Waals surface area contributed by atoms with Gasteiger partial charge < -0.3 is 24.3 Å². The Labute approximate surface area is 231 Å². The molecule has 0 aliphatic carbocycles. The van der Waals surface area contributed by atoms with E-state index in [9.17, 15) is 19.1 Å². The second kappa shape index (κ2) is 13.9. The van der Waals surface area contributed by atoms with Crippen LogP contribution in [-0.4, -0.2) is 44.9 Å². The number of aromatic nitrogens is 2. The number of carboxylic acids is 2. The highest BCUT2D eigenvalue weighted by atomic mass is 19.1. The summed E-state index contributed by atoms with van der Waals surface area (Å²) in [6.45, 7) is 0.688. The van der Waals surface area contributed by atoms with Crippen LogP contribution in [-0.2, 0) is 22.6 Å². The quantitative estimate of drug-likeness (QED) is 0.174. The van der Waals surface area contributed by atoms with Gasteiger partial charge in [0.05, 0.1) is 30.6 Å². The zero-order chi connectivity index (χ0) is 28.3. The normalized spacial score (nSPS) is 11.2. The topological polar surface area (TPSA) is 111 Å². The highest BCUT2D eigenvalue weighted by molar-refractivity contribution is 5.93. The molecule has 0 saturated carbocycles. The number of nitrogens with zero attached hydrogens (tertiary/aromatic N) is 2. The van der Waals surface area contributed by atoms with E-state index in [1.165, 1.54) is 6.07 Å². The van der Waals surface area contributed by atoms with Crippen LogP contribution in [0.4, 0.5) is 4.39 Å². The molecule has 0 saturated heterocycles. The van der Waals surface area contributed by atoms with Gasteiger partial charge in [-0.05, 0) is 67.2 Å². The van der Waals surface area contributed by atoms with Gasteiger partial charge in [0.15, 0.2) is 11.6 Å². The molecule has 0 aliphatic rings. The number of halogens is 1. The maximum absolute atomic E-state index is 13.6. The van der Waals surface area contributed by atoms with Gasteiger partial charge in [0.25, 0.3) is 0 Å². The molecule has 2 heterocycles. The summed E-state index contributed by atoms with van der Waals surface area (Å²) in [5.74, 6) is -1.30. The molecule has 208 valence electrons. The molecule has 0 bridgehead atoms. The van der Waals surface area contributed by atoms with Crippen molar-refractivity contribution in [1.29, 1.82) is 0 Å². The van der Waals surface area contributed by atoms with Crippen LogP contribution in [0.2, 0.25) is 0 Å². The van der Waals surface area contributed by atoms with Gasteiger partial charge in [0, 0.05) is 18.0 Å². The van der Waals surface area contributed by atoms with Gasteiger partial charge in [-0.15, -0.1) is 0 Å². The van der Waals surface area contributed by atoms with E-state index in [1.54, 1.807) is 35.2 Å². The van der Waals surface area contributed by atoms with Crippen molar-refractivity contribution >= 4 is 35.0 Å². The van der Waals surface area contributed by atoms with Gasteiger partial charge in [0.1, 0.15) is 12.3 Å². The van der Waals surface area contributed by atoms with Crippen LogP contribution < -0.4 is 9.47 Å². The van der Waals surface area contributed by atoms with E-state index in [1.807, 2.05) is 42.5 Å². The molecule has 0 fully saturated rings. The van der Waals surface area contributed by atoms with E-state index in [2.05, 4.69) is 4.98 Å². The zero-order valence-electron chi connectivity index (χ0n) is 22.0. The predicted octanol–water partition coefficient (Wildman–Crippen LogP) is 6.08. The standard InChI is InChI=1S/C31H31FN2O6/c32-27-10-1-2-11-28(27)40-18-4-3-17-39-25-16-15-24(33-19-25)14-13-22-7-5-9-26-23(8-6-12-29(35)36)20-34(31(22)26)21-30(37)38/h1-2,5,7,9-11,13-16,19-20H,3-4,6,8,12,17-18,21H2,(H,35,36)(H,37,38). The van der Waals surface area contributed by atoms with E-state index in [0.29, 0.717) is 37.5 Å². The Hall–Kier alpha value is -4.66. The van der Waals surface area contributed by atoms with Gasteiger partial charge in [-0.2, -0.15) is 0 Å². The molecule has 0 spiro atoms. The lowest BCUT2D eigenvalue weighted by Gasteiger charge is -2.08. The maximum Gasteiger partial charge on any atom is 0.323 e. The summed E-state index contributed by atoms with van der Waals surface area (Å²) in [4.78, 5) is 26.8. The molecule has 0 aliphatic heterocycles. The number of hydrogen-bond donors (Lipinski definition) is 2. The fraction of sp³-hybridized carbons (Fsp3) is 0.258. The highest BCUT2D eigenvalue weighted by Gasteiger charge is 2.13. The molecule has 2 N–H and O–H groups in total. The number of aryl methyl sites for hydroxylation is 1. The first-order chi connectivity index (χ1) is 19.4. The Morgan fingerprint density at radius 1 is 0.900 bits per heavy atom. The number of pyridine rings is 1. The van der Waals surface area contributed by atoms with Crippen molar-refractivity contribution < 1.29 is 33.7 Å². The minimum absolute atomic E-state index is 0.0560. The van der Waals surface area contributed by atoms with Crippen molar-refractivity contribution in [3.8, 4) is 11.5 Å². The lowest BCUT2D eigenvalue weighted by molar-refractivity contribution is -0.138. The third-order valence-corrected chi connectivity index (χ3v) is 6.25. The van der Waals surface area contributed by atoms with Gasteiger partial charge in [0.2, 0.25) is 0 Å². The molecular weight excluding hydrogens is 515 g/mol. The summed E-state index contributed by atoms with van der Waals surface area (Å²) in [6.07, 6.45) is 9.72. The van der Waals surface area contributed by atoms with Gasteiger partial charge in [-0.1, -0.05) is 36.4 Å². The number of fused-ring (bicyclic) bond motifs is 1. The van der Waals surface area contributed by atoms with Crippen LogP contribution in [0.25, 0.3) is 23.1 Å². The molecule has 0 amide bonds. The SMILES string of the molecule is O=C(O)CCCc1cn(CC(=O)O)c2c(C=Cc3ccc(OCCCCOc4ccccc4F)cn3)cccc12. The Morgan fingerprint density at radius 2 is 1.70 bits per heavy atom. The van der Waals surface area contributed by atoms with Gasteiger partial charge in [-0.3, -0.25) is 14.6 Å². The summed E-state index contributed by atoms with van der Waals surface area (Å²) in [6, 6.07) is 15.7. The van der Waals surface area contributed by atoms with Gasteiger partial charge >= 0.3 is 11.9 Å².